The third-order valence-electron chi connectivity index (χ3n) is 4.40. The third kappa shape index (κ3) is 3.75. The van der Waals surface area contributed by atoms with Gasteiger partial charge in [0.05, 0.1) is 12.7 Å². The Morgan fingerprint density at radius 2 is 1.96 bits per heavy atom. The van der Waals surface area contributed by atoms with Crippen molar-refractivity contribution in [2.75, 3.05) is 40.3 Å². The van der Waals surface area contributed by atoms with Crippen molar-refractivity contribution in [3.8, 4) is 0 Å². The van der Waals surface area contributed by atoms with Crippen LogP contribution < -0.4 is 0 Å². The second-order valence-corrected chi connectivity index (χ2v) is 6.17. The molecule has 1 aromatic heterocycles. The van der Waals surface area contributed by atoms with E-state index in [9.17, 15) is 9.59 Å². The lowest BCUT2D eigenvalue weighted by Gasteiger charge is -2.20. The van der Waals surface area contributed by atoms with Gasteiger partial charge in [0.2, 0.25) is 0 Å². The standard InChI is InChI=1S/C17H27N3O3/c1-5-7-13-14(17(22)23-4)12(2)18-15(13)16(21)20-9-6-8-19(3)10-11-20/h18H,5-11H2,1-4H3. The van der Waals surface area contributed by atoms with E-state index in [1.54, 1.807) is 0 Å². The van der Waals surface area contributed by atoms with Crippen LogP contribution in [0.5, 0.6) is 0 Å². The lowest BCUT2D eigenvalue weighted by molar-refractivity contribution is 0.0599. The highest BCUT2D eigenvalue weighted by Crippen LogP contribution is 2.23. The fourth-order valence-corrected chi connectivity index (χ4v) is 3.15. The van der Waals surface area contributed by atoms with Crippen LogP contribution in [0.25, 0.3) is 0 Å². The number of H-pyrrole nitrogens is 1. The van der Waals surface area contributed by atoms with E-state index in [0.29, 0.717) is 29.9 Å². The highest BCUT2D eigenvalue weighted by atomic mass is 16.5. The number of rotatable bonds is 4. The number of carbonyl (C=O) groups excluding carboxylic acids is 2. The Bertz CT molecular complexity index is 580. The van der Waals surface area contributed by atoms with Crippen molar-refractivity contribution < 1.29 is 14.3 Å². The van der Waals surface area contributed by atoms with Crippen LogP contribution in [0.3, 0.4) is 0 Å². The molecular weight excluding hydrogens is 294 g/mol. The molecule has 0 bridgehead atoms. The van der Waals surface area contributed by atoms with Crippen LogP contribution >= 0.6 is 0 Å². The Labute approximate surface area is 137 Å². The number of aryl methyl sites for hydroxylation is 1. The van der Waals surface area contributed by atoms with Gasteiger partial charge < -0.3 is 19.5 Å². The molecule has 0 aliphatic carbocycles. The lowest BCUT2D eigenvalue weighted by Crippen LogP contribution is -2.35. The van der Waals surface area contributed by atoms with E-state index in [-0.39, 0.29) is 11.9 Å². The summed E-state index contributed by atoms with van der Waals surface area (Å²) in [4.78, 5) is 32.3. The van der Waals surface area contributed by atoms with Crippen molar-refractivity contribution in [3.05, 3.63) is 22.5 Å². The van der Waals surface area contributed by atoms with Gasteiger partial charge in [-0.05, 0) is 38.9 Å². The molecule has 0 atom stereocenters. The van der Waals surface area contributed by atoms with Crippen LogP contribution in [-0.2, 0) is 11.2 Å². The summed E-state index contributed by atoms with van der Waals surface area (Å²) in [5.41, 5.74) is 2.56. The average Bonchev–Trinajstić information content (AvgIpc) is 2.70. The summed E-state index contributed by atoms with van der Waals surface area (Å²) in [5, 5.41) is 0. The van der Waals surface area contributed by atoms with Crippen LogP contribution in [0.4, 0.5) is 0 Å². The molecule has 0 saturated carbocycles. The molecule has 1 saturated heterocycles. The number of likely N-dealkylation sites (N-methyl/N-ethyl adjacent to an activating group) is 1. The molecule has 2 rings (SSSR count). The quantitative estimate of drug-likeness (QED) is 0.860. The van der Waals surface area contributed by atoms with Crippen molar-refractivity contribution in [2.24, 2.45) is 0 Å². The fourth-order valence-electron chi connectivity index (χ4n) is 3.15. The zero-order valence-electron chi connectivity index (χ0n) is 14.6. The first-order chi connectivity index (χ1) is 11.0. The minimum Gasteiger partial charge on any atom is -0.465 e. The molecule has 1 N–H and O–H groups in total. The molecular formula is C17H27N3O3. The van der Waals surface area contributed by atoms with E-state index >= 15 is 0 Å². The first-order valence-corrected chi connectivity index (χ1v) is 8.27. The number of hydrogen-bond acceptors (Lipinski definition) is 4. The monoisotopic (exact) mass is 321 g/mol. The maximum Gasteiger partial charge on any atom is 0.339 e. The molecule has 23 heavy (non-hydrogen) atoms. The smallest absolute Gasteiger partial charge is 0.339 e. The number of amides is 1. The molecule has 6 nitrogen and oxygen atoms in total. The van der Waals surface area contributed by atoms with Gasteiger partial charge in [-0.1, -0.05) is 13.3 Å². The Morgan fingerprint density at radius 3 is 2.61 bits per heavy atom. The molecule has 1 aliphatic rings. The van der Waals surface area contributed by atoms with Gasteiger partial charge in [-0.15, -0.1) is 0 Å². The van der Waals surface area contributed by atoms with Gasteiger partial charge in [-0.25, -0.2) is 4.79 Å². The average molecular weight is 321 g/mol. The molecule has 1 amide bonds. The molecule has 1 aromatic rings. The number of nitrogens with one attached hydrogen (secondary N) is 1. The van der Waals surface area contributed by atoms with Crippen LogP contribution in [0.1, 0.15) is 51.9 Å². The highest BCUT2D eigenvalue weighted by molar-refractivity contribution is 6.00. The summed E-state index contributed by atoms with van der Waals surface area (Å²) in [6.45, 7) is 7.20. The second kappa shape index (κ2) is 7.64. The predicted octanol–water partition coefficient (Wildman–Crippen LogP) is 1.84. The van der Waals surface area contributed by atoms with Crippen LogP contribution in [0.15, 0.2) is 0 Å². The number of esters is 1. The number of nitrogens with zero attached hydrogens (tertiary/aromatic N) is 2. The number of hydrogen-bond donors (Lipinski definition) is 1. The summed E-state index contributed by atoms with van der Waals surface area (Å²) >= 11 is 0. The number of carbonyl (C=O) groups is 2. The van der Waals surface area contributed by atoms with Gasteiger partial charge in [-0.2, -0.15) is 0 Å². The molecule has 1 fully saturated rings. The fraction of sp³-hybridized carbons (Fsp3) is 0.647. The Kier molecular flexibility index (Phi) is 5.82. The normalized spacial score (nSPS) is 16.3. The minimum absolute atomic E-state index is 0.0120. The second-order valence-electron chi connectivity index (χ2n) is 6.17. The summed E-state index contributed by atoms with van der Waals surface area (Å²) < 4.78 is 4.89. The number of methoxy groups -OCH3 is 1. The molecule has 0 radical (unpaired) electrons. The van der Waals surface area contributed by atoms with E-state index in [2.05, 4.69) is 16.9 Å². The summed E-state index contributed by atoms with van der Waals surface area (Å²) in [6.07, 6.45) is 2.52. The summed E-state index contributed by atoms with van der Waals surface area (Å²) in [7, 11) is 3.45. The predicted molar refractivity (Wildman–Crippen MR) is 88.9 cm³/mol. The number of ether oxygens (including phenoxy) is 1. The van der Waals surface area contributed by atoms with Gasteiger partial charge in [-0.3, -0.25) is 4.79 Å². The van der Waals surface area contributed by atoms with Crippen LogP contribution in [0.2, 0.25) is 0 Å². The first-order valence-electron chi connectivity index (χ1n) is 8.27. The summed E-state index contributed by atoms with van der Waals surface area (Å²) in [6, 6.07) is 0. The highest BCUT2D eigenvalue weighted by Gasteiger charge is 2.28. The maximum absolute atomic E-state index is 13.0. The SMILES string of the molecule is CCCc1c(C(=O)N2CCCN(C)CC2)[nH]c(C)c1C(=O)OC. The van der Waals surface area contributed by atoms with Gasteiger partial charge in [0.1, 0.15) is 5.69 Å². The van der Waals surface area contributed by atoms with Gasteiger partial charge in [0, 0.05) is 25.3 Å². The van der Waals surface area contributed by atoms with Crippen molar-refractivity contribution in [3.63, 3.8) is 0 Å². The Balaban J connectivity index is 2.34. The van der Waals surface area contributed by atoms with Crippen molar-refractivity contribution in [1.82, 2.24) is 14.8 Å². The minimum atomic E-state index is -0.378. The third-order valence-corrected chi connectivity index (χ3v) is 4.40. The van der Waals surface area contributed by atoms with Gasteiger partial charge >= 0.3 is 5.97 Å². The van der Waals surface area contributed by atoms with Crippen LogP contribution in [-0.4, -0.2) is 67.0 Å². The molecule has 128 valence electrons. The van der Waals surface area contributed by atoms with E-state index < -0.39 is 0 Å². The first kappa shape index (κ1) is 17.5. The van der Waals surface area contributed by atoms with Crippen molar-refractivity contribution >= 4 is 11.9 Å². The lowest BCUT2D eigenvalue weighted by atomic mass is 10.0. The van der Waals surface area contributed by atoms with Crippen LogP contribution in [0, 0.1) is 6.92 Å². The van der Waals surface area contributed by atoms with E-state index in [1.165, 1.54) is 7.11 Å². The zero-order valence-corrected chi connectivity index (χ0v) is 14.6. The Hall–Kier alpha value is -1.82. The maximum atomic E-state index is 13.0. The van der Waals surface area contributed by atoms with Gasteiger partial charge in [0.25, 0.3) is 5.91 Å². The zero-order chi connectivity index (χ0) is 17.0. The van der Waals surface area contributed by atoms with Crippen molar-refractivity contribution in [2.45, 2.75) is 33.1 Å². The topological polar surface area (TPSA) is 65.6 Å². The Morgan fingerprint density at radius 1 is 1.22 bits per heavy atom. The van der Waals surface area contributed by atoms with Gasteiger partial charge in [0.15, 0.2) is 0 Å². The number of aromatic nitrogens is 1. The summed E-state index contributed by atoms with van der Waals surface area (Å²) in [5.74, 6) is -0.390. The van der Waals surface area contributed by atoms with Crippen molar-refractivity contribution in [1.29, 1.82) is 0 Å². The molecule has 0 unspecified atom stereocenters. The molecule has 0 aromatic carbocycles. The molecule has 0 spiro atoms. The van der Waals surface area contributed by atoms with E-state index in [4.69, 9.17) is 4.74 Å². The molecule has 1 aliphatic heterocycles. The number of aromatic amines is 1. The van der Waals surface area contributed by atoms with E-state index in [0.717, 1.165) is 38.0 Å². The molecule has 2 heterocycles. The largest absolute Gasteiger partial charge is 0.465 e. The van der Waals surface area contributed by atoms with E-state index in [1.807, 2.05) is 18.7 Å². The molecule has 6 heteroatoms.